The lowest BCUT2D eigenvalue weighted by Crippen LogP contribution is -2.16. The van der Waals surface area contributed by atoms with Gasteiger partial charge in [-0.2, -0.15) is 0 Å². The van der Waals surface area contributed by atoms with Gasteiger partial charge >= 0.3 is 5.97 Å². The van der Waals surface area contributed by atoms with Crippen molar-refractivity contribution in [1.82, 2.24) is 9.97 Å². The summed E-state index contributed by atoms with van der Waals surface area (Å²) in [5.41, 5.74) is 4.27. The second kappa shape index (κ2) is 8.34. The van der Waals surface area contributed by atoms with Crippen molar-refractivity contribution in [1.29, 1.82) is 0 Å². The van der Waals surface area contributed by atoms with Crippen LogP contribution in [0.3, 0.4) is 0 Å². The minimum absolute atomic E-state index is 0.122. The maximum Gasteiger partial charge on any atom is 0.361 e. The number of fused-ring (bicyclic) bond motifs is 1. The van der Waals surface area contributed by atoms with Gasteiger partial charge in [-0.05, 0) is 51.0 Å². The highest BCUT2D eigenvalue weighted by Gasteiger charge is 2.20. The number of aryl methyl sites for hydroxylation is 2. The van der Waals surface area contributed by atoms with E-state index in [4.69, 9.17) is 14.2 Å². The Kier molecular flexibility index (Phi) is 5.87. The number of nitrogens with zero attached hydrogens (tertiary/aromatic N) is 2. The Labute approximate surface area is 170 Å². The number of carbonyl (C=O) groups excluding carboxylic acids is 1. The molecular weight excluding hydrogens is 370 g/mol. The van der Waals surface area contributed by atoms with Crippen LogP contribution < -0.4 is 14.8 Å². The molecule has 1 N–H and O–H groups in total. The number of carbonyl (C=O) groups is 1. The molecule has 0 aliphatic heterocycles. The fourth-order valence-electron chi connectivity index (χ4n) is 2.83. The summed E-state index contributed by atoms with van der Waals surface area (Å²) in [4.78, 5) is 21.9. The maximum absolute atomic E-state index is 12.7. The zero-order valence-corrected chi connectivity index (χ0v) is 17.5. The molecule has 1 heterocycles. The highest BCUT2D eigenvalue weighted by Crippen LogP contribution is 2.29. The van der Waals surface area contributed by atoms with E-state index in [1.165, 1.54) is 0 Å². The summed E-state index contributed by atoms with van der Waals surface area (Å²) >= 11 is 0. The standard InChI is InChI=1S/C22H25N3O4/c1-12(2)29-22(26)20-21(23-15-9-16(27-5)11-17(10-15)28-6)25-19-8-14(4)13(3)7-18(19)24-20/h7-12H,1-6H3,(H,23,25). The van der Waals surface area contributed by atoms with Gasteiger partial charge in [0.25, 0.3) is 0 Å². The first-order valence-electron chi connectivity index (χ1n) is 9.30. The number of benzene rings is 2. The van der Waals surface area contributed by atoms with Gasteiger partial charge in [0.2, 0.25) is 0 Å². The third kappa shape index (κ3) is 4.56. The van der Waals surface area contributed by atoms with E-state index in [2.05, 4.69) is 15.3 Å². The Morgan fingerprint density at radius 3 is 1.97 bits per heavy atom. The third-order valence-electron chi connectivity index (χ3n) is 4.43. The number of nitrogens with one attached hydrogen (secondary N) is 1. The van der Waals surface area contributed by atoms with Gasteiger partial charge in [-0.15, -0.1) is 0 Å². The fourth-order valence-corrected chi connectivity index (χ4v) is 2.83. The second-order valence-electron chi connectivity index (χ2n) is 7.03. The zero-order chi connectivity index (χ0) is 21.1. The van der Waals surface area contributed by atoms with Crippen molar-refractivity contribution in [3.05, 3.63) is 47.2 Å². The third-order valence-corrected chi connectivity index (χ3v) is 4.43. The van der Waals surface area contributed by atoms with Crippen LogP contribution >= 0.6 is 0 Å². The molecule has 2 aromatic carbocycles. The number of esters is 1. The molecule has 0 aliphatic rings. The number of anilines is 2. The van der Waals surface area contributed by atoms with Crippen LogP contribution in [-0.2, 0) is 4.74 Å². The molecule has 7 heteroatoms. The van der Waals surface area contributed by atoms with Crippen LogP contribution in [0.4, 0.5) is 11.5 Å². The van der Waals surface area contributed by atoms with Gasteiger partial charge in [0.15, 0.2) is 11.5 Å². The van der Waals surface area contributed by atoms with Crippen LogP contribution in [-0.4, -0.2) is 36.3 Å². The van der Waals surface area contributed by atoms with Crippen LogP contribution in [0.2, 0.25) is 0 Å². The average Bonchev–Trinajstić information content (AvgIpc) is 2.67. The molecule has 0 atom stereocenters. The molecule has 0 radical (unpaired) electrons. The molecule has 0 amide bonds. The number of methoxy groups -OCH3 is 2. The molecule has 0 fully saturated rings. The highest BCUT2D eigenvalue weighted by molar-refractivity contribution is 5.96. The first-order chi connectivity index (χ1) is 13.8. The minimum atomic E-state index is -0.537. The quantitative estimate of drug-likeness (QED) is 0.612. The van der Waals surface area contributed by atoms with E-state index in [1.807, 2.05) is 26.0 Å². The molecule has 3 aromatic rings. The summed E-state index contributed by atoms with van der Waals surface area (Å²) < 4.78 is 16.0. The van der Waals surface area contributed by atoms with Crippen molar-refractivity contribution in [2.75, 3.05) is 19.5 Å². The van der Waals surface area contributed by atoms with Crippen LogP contribution in [0.1, 0.15) is 35.5 Å². The normalized spacial score (nSPS) is 10.9. The van der Waals surface area contributed by atoms with Crippen molar-refractivity contribution in [2.24, 2.45) is 0 Å². The van der Waals surface area contributed by atoms with Gasteiger partial charge < -0.3 is 19.5 Å². The summed E-state index contributed by atoms with van der Waals surface area (Å²) in [5, 5.41) is 3.17. The van der Waals surface area contributed by atoms with Crippen molar-refractivity contribution in [2.45, 2.75) is 33.8 Å². The lowest BCUT2D eigenvalue weighted by molar-refractivity contribution is 0.0372. The lowest BCUT2D eigenvalue weighted by atomic mass is 10.1. The van der Waals surface area contributed by atoms with Crippen molar-refractivity contribution in [3.8, 4) is 11.5 Å². The second-order valence-corrected chi connectivity index (χ2v) is 7.03. The molecule has 29 heavy (non-hydrogen) atoms. The minimum Gasteiger partial charge on any atom is -0.497 e. The van der Waals surface area contributed by atoms with Gasteiger partial charge in [0, 0.05) is 23.9 Å². The SMILES string of the molecule is COc1cc(Nc2nc3cc(C)c(C)cc3nc2C(=O)OC(C)C)cc(OC)c1. The van der Waals surface area contributed by atoms with Gasteiger partial charge in [-0.25, -0.2) is 14.8 Å². The van der Waals surface area contributed by atoms with Gasteiger partial charge in [0.1, 0.15) is 11.5 Å². The molecule has 152 valence electrons. The summed E-state index contributed by atoms with van der Waals surface area (Å²) in [6.45, 7) is 7.59. The summed E-state index contributed by atoms with van der Waals surface area (Å²) in [6, 6.07) is 9.20. The van der Waals surface area contributed by atoms with E-state index in [9.17, 15) is 4.79 Å². The van der Waals surface area contributed by atoms with E-state index >= 15 is 0 Å². The Morgan fingerprint density at radius 1 is 0.897 bits per heavy atom. The molecule has 0 aliphatic carbocycles. The molecule has 0 bridgehead atoms. The number of hydrogen-bond donors (Lipinski definition) is 1. The topological polar surface area (TPSA) is 82.6 Å². The summed E-state index contributed by atoms with van der Waals surface area (Å²) in [6.07, 6.45) is -0.274. The Bertz CT molecular complexity index is 1040. The zero-order valence-electron chi connectivity index (χ0n) is 17.5. The lowest BCUT2D eigenvalue weighted by Gasteiger charge is -2.15. The molecule has 1 aromatic heterocycles. The molecular formula is C22H25N3O4. The van der Waals surface area contributed by atoms with E-state index in [1.54, 1.807) is 46.3 Å². The van der Waals surface area contributed by atoms with Crippen molar-refractivity contribution in [3.63, 3.8) is 0 Å². The van der Waals surface area contributed by atoms with E-state index in [-0.39, 0.29) is 11.8 Å². The summed E-state index contributed by atoms with van der Waals surface area (Å²) in [7, 11) is 3.15. The first kappa shape index (κ1) is 20.4. The largest absolute Gasteiger partial charge is 0.497 e. The number of rotatable bonds is 6. The first-order valence-corrected chi connectivity index (χ1v) is 9.30. The predicted octanol–water partition coefficient (Wildman–Crippen LogP) is 4.57. The van der Waals surface area contributed by atoms with Crippen molar-refractivity contribution >= 4 is 28.5 Å². The molecule has 0 saturated carbocycles. The van der Waals surface area contributed by atoms with E-state index in [0.29, 0.717) is 34.0 Å². The number of ether oxygens (including phenoxy) is 3. The Hall–Kier alpha value is -3.35. The van der Waals surface area contributed by atoms with Crippen molar-refractivity contribution < 1.29 is 19.0 Å². The average molecular weight is 395 g/mol. The van der Waals surface area contributed by atoms with Gasteiger partial charge in [-0.3, -0.25) is 0 Å². The van der Waals surface area contributed by atoms with Gasteiger partial charge in [-0.1, -0.05) is 0 Å². The molecule has 0 unspecified atom stereocenters. The van der Waals surface area contributed by atoms with Crippen LogP contribution in [0.15, 0.2) is 30.3 Å². The molecule has 0 saturated heterocycles. The number of aromatic nitrogens is 2. The monoisotopic (exact) mass is 395 g/mol. The van der Waals surface area contributed by atoms with Crippen LogP contribution in [0.25, 0.3) is 11.0 Å². The van der Waals surface area contributed by atoms with E-state index in [0.717, 1.165) is 11.1 Å². The summed E-state index contributed by atoms with van der Waals surface area (Å²) in [5.74, 6) is 0.989. The predicted molar refractivity (Wildman–Crippen MR) is 112 cm³/mol. The van der Waals surface area contributed by atoms with E-state index < -0.39 is 5.97 Å². The van der Waals surface area contributed by atoms with Crippen LogP contribution in [0.5, 0.6) is 11.5 Å². The molecule has 7 nitrogen and oxygen atoms in total. The highest BCUT2D eigenvalue weighted by atomic mass is 16.5. The fraction of sp³-hybridized carbons (Fsp3) is 0.318. The van der Waals surface area contributed by atoms with Crippen LogP contribution in [0, 0.1) is 13.8 Å². The molecule has 0 spiro atoms. The molecule has 3 rings (SSSR count). The Balaban J connectivity index is 2.13. The van der Waals surface area contributed by atoms with Gasteiger partial charge in [0.05, 0.1) is 31.4 Å². The maximum atomic E-state index is 12.7. The smallest absolute Gasteiger partial charge is 0.361 e. The number of hydrogen-bond acceptors (Lipinski definition) is 7. The Morgan fingerprint density at radius 2 is 1.45 bits per heavy atom.